The van der Waals surface area contributed by atoms with Crippen LogP contribution in [0.4, 0.5) is 0 Å². The summed E-state index contributed by atoms with van der Waals surface area (Å²) in [5.74, 6) is 4.92. The molecule has 1 amide bonds. The largest absolute Gasteiger partial charge is 0.383 e. The molecular weight excluding hydrogens is 206 g/mol. The van der Waals surface area contributed by atoms with Crippen LogP contribution in [-0.2, 0) is 9.53 Å². The number of rotatable bonds is 9. The molecule has 0 saturated carbocycles. The maximum atomic E-state index is 11.0. The Kier molecular flexibility index (Phi) is 9.18. The minimum atomic E-state index is -0.101. The molecule has 0 rings (SSSR count). The van der Waals surface area contributed by atoms with E-state index >= 15 is 0 Å². The van der Waals surface area contributed by atoms with Crippen molar-refractivity contribution in [1.29, 1.82) is 0 Å². The second kappa shape index (κ2) is 9.57. The van der Waals surface area contributed by atoms with Gasteiger partial charge in [-0.3, -0.25) is 15.1 Å². The standard InChI is InChI=1S/C11H25N3O2/c1-4-10(2)14(8-9-16-3)7-5-6-11(15)13-12/h10H,4-9,12H2,1-3H3,(H,13,15). The molecule has 0 fully saturated rings. The minimum absolute atomic E-state index is 0.101. The van der Waals surface area contributed by atoms with Gasteiger partial charge in [-0.15, -0.1) is 0 Å². The SMILES string of the molecule is CCC(C)N(CCCC(=O)NN)CCOC. The molecule has 1 atom stereocenters. The first-order valence-corrected chi connectivity index (χ1v) is 5.88. The first kappa shape index (κ1) is 15.3. The lowest BCUT2D eigenvalue weighted by Gasteiger charge is -2.27. The summed E-state index contributed by atoms with van der Waals surface area (Å²) in [6, 6.07) is 0.524. The Balaban J connectivity index is 3.86. The lowest BCUT2D eigenvalue weighted by Crippen LogP contribution is -2.37. The number of nitrogens with one attached hydrogen (secondary N) is 1. The van der Waals surface area contributed by atoms with Crippen LogP contribution in [0.2, 0.25) is 0 Å². The monoisotopic (exact) mass is 231 g/mol. The van der Waals surface area contributed by atoms with Gasteiger partial charge in [0.1, 0.15) is 0 Å². The van der Waals surface area contributed by atoms with Crippen molar-refractivity contribution in [2.75, 3.05) is 26.8 Å². The average molecular weight is 231 g/mol. The third-order valence-corrected chi connectivity index (χ3v) is 2.81. The quantitative estimate of drug-likeness (QED) is 0.344. The zero-order valence-electron chi connectivity index (χ0n) is 10.7. The lowest BCUT2D eigenvalue weighted by molar-refractivity contribution is -0.121. The van der Waals surface area contributed by atoms with E-state index < -0.39 is 0 Å². The van der Waals surface area contributed by atoms with Crippen molar-refractivity contribution in [3.05, 3.63) is 0 Å². The molecule has 96 valence electrons. The topological polar surface area (TPSA) is 67.6 Å². The Morgan fingerprint density at radius 2 is 2.19 bits per heavy atom. The van der Waals surface area contributed by atoms with Gasteiger partial charge in [0.05, 0.1) is 6.61 Å². The highest BCUT2D eigenvalue weighted by atomic mass is 16.5. The van der Waals surface area contributed by atoms with Gasteiger partial charge in [0, 0.05) is 26.1 Å². The van der Waals surface area contributed by atoms with Gasteiger partial charge in [-0.1, -0.05) is 6.92 Å². The molecule has 0 radical (unpaired) electrons. The Labute approximate surface area is 98.3 Å². The molecule has 5 nitrogen and oxygen atoms in total. The smallest absolute Gasteiger partial charge is 0.233 e. The van der Waals surface area contributed by atoms with Crippen molar-refractivity contribution in [2.45, 2.75) is 39.2 Å². The van der Waals surface area contributed by atoms with E-state index in [9.17, 15) is 4.79 Å². The van der Waals surface area contributed by atoms with Gasteiger partial charge < -0.3 is 4.74 Å². The third kappa shape index (κ3) is 6.76. The number of nitrogens with two attached hydrogens (primary N) is 1. The summed E-state index contributed by atoms with van der Waals surface area (Å²) in [5.41, 5.74) is 2.14. The Morgan fingerprint density at radius 1 is 1.50 bits per heavy atom. The van der Waals surface area contributed by atoms with Gasteiger partial charge in [0.25, 0.3) is 0 Å². The predicted octanol–water partition coefficient (Wildman–Crippen LogP) is 0.503. The molecule has 0 aromatic carbocycles. The summed E-state index contributed by atoms with van der Waals surface area (Å²) in [4.78, 5) is 13.3. The summed E-state index contributed by atoms with van der Waals surface area (Å²) in [5, 5.41) is 0. The van der Waals surface area contributed by atoms with Crippen LogP contribution in [0.1, 0.15) is 33.1 Å². The molecular formula is C11H25N3O2. The number of carbonyl (C=O) groups excluding carboxylic acids is 1. The van der Waals surface area contributed by atoms with E-state index in [-0.39, 0.29) is 5.91 Å². The lowest BCUT2D eigenvalue weighted by atomic mass is 10.2. The zero-order chi connectivity index (χ0) is 12.4. The van der Waals surface area contributed by atoms with E-state index in [1.807, 2.05) is 0 Å². The second-order valence-electron chi connectivity index (χ2n) is 3.96. The van der Waals surface area contributed by atoms with Crippen LogP contribution in [0.25, 0.3) is 0 Å². The predicted molar refractivity (Wildman–Crippen MR) is 64.8 cm³/mol. The van der Waals surface area contributed by atoms with Gasteiger partial charge in [-0.2, -0.15) is 0 Å². The fraction of sp³-hybridized carbons (Fsp3) is 0.909. The normalized spacial score (nSPS) is 12.8. The molecule has 0 aliphatic carbocycles. The zero-order valence-corrected chi connectivity index (χ0v) is 10.7. The van der Waals surface area contributed by atoms with Crippen molar-refractivity contribution in [3.8, 4) is 0 Å². The summed E-state index contributed by atoms with van der Waals surface area (Å²) in [6.07, 6.45) is 2.42. The summed E-state index contributed by atoms with van der Waals surface area (Å²) in [7, 11) is 1.71. The van der Waals surface area contributed by atoms with Crippen LogP contribution in [0.5, 0.6) is 0 Å². The fourth-order valence-corrected chi connectivity index (χ4v) is 1.53. The molecule has 0 heterocycles. The van der Waals surface area contributed by atoms with Crippen molar-refractivity contribution < 1.29 is 9.53 Å². The molecule has 5 heteroatoms. The number of hydrogen-bond donors (Lipinski definition) is 2. The summed E-state index contributed by atoms with van der Waals surface area (Å²) < 4.78 is 5.07. The Morgan fingerprint density at radius 3 is 2.69 bits per heavy atom. The maximum absolute atomic E-state index is 11.0. The summed E-state index contributed by atoms with van der Waals surface area (Å²) in [6.45, 7) is 6.91. The van der Waals surface area contributed by atoms with Crippen LogP contribution in [-0.4, -0.2) is 43.7 Å². The van der Waals surface area contributed by atoms with Gasteiger partial charge in [0.15, 0.2) is 0 Å². The number of hydrogen-bond acceptors (Lipinski definition) is 4. The Hall–Kier alpha value is -0.650. The molecule has 16 heavy (non-hydrogen) atoms. The van der Waals surface area contributed by atoms with E-state index in [4.69, 9.17) is 10.6 Å². The molecule has 0 saturated heterocycles. The number of hydrazine groups is 1. The third-order valence-electron chi connectivity index (χ3n) is 2.81. The molecule has 0 spiro atoms. The van der Waals surface area contributed by atoms with Crippen LogP contribution in [0.15, 0.2) is 0 Å². The van der Waals surface area contributed by atoms with Crippen molar-refractivity contribution in [3.63, 3.8) is 0 Å². The van der Waals surface area contributed by atoms with Crippen LogP contribution in [0, 0.1) is 0 Å². The van der Waals surface area contributed by atoms with E-state index in [0.29, 0.717) is 12.5 Å². The molecule has 3 N–H and O–H groups in total. The minimum Gasteiger partial charge on any atom is -0.383 e. The highest BCUT2D eigenvalue weighted by Gasteiger charge is 2.11. The van der Waals surface area contributed by atoms with Crippen molar-refractivity contribution in [1.82, 2.24) is 10.3 Å². The van der Waals surface area contributed by atoms with Crippen LogP contribution >= 0.6 is 0 Å². The van der Waals surface area contributed by atoms with E-state index in [1.54, 1.807) is 7.11 Å². The van der Waals surface area contributed by atoms with Crippen LogP contribution < -0.4 is 11.3 Å². The number of ether oxygens (including phenoxy) is 1. The number of amides is 1. The van der Waals surface area contributed by atoms with E-state index in [2.05, 4.69) is 24.2 Å². The number of nitrogens with zero attached hydrogens (tertiary/aromatic N) is 1. The molecule has 0 aromatic rings. The van der Waals surface area contributed by atoms with Crippen LogP contribution in [0.3, 0.4) is 0 Å². The Bertz CT molecular complexity index is 188. The molecule has 0 aliphatic heterocycles. The molecule has 0 aromatic heterocycles. The van der Waals surface area contributed by atoms with Crippen molar-refractivity contribution in [2.24, 2.45) is 5.84 Å². The van der Waals surface area contributed by atoms with Gasteiger partial charge in [-0.25, -0.2) is 5.84 Å². The van der Waals surface area contributed by atoms with E-state index in [1.165, 1.54) is 0 Å². The number of carbonyl (C=O) groups is 1. The first-order valence-electron chi connectivity index (χ1n) is 5.88. The maximum Gasteiger partial charge on any atom is 0.233 e. The second-order valence-corrected chi connectivity index (χ2v) is 3.96. The summed E-state index contributed by atoms with van der Waals surface area (Å²) >= 11 is 0. The van der Waals surface area contributed by atoms with Crippen molar-refractivity contribution >= 4 is 5.91 Å². The number of methoxy groups -OCH3 is 1. The first-order chi connectivity index (χ1) is 7.65. The highest BCUT2D eigenvalue weighted by molar-refractivity contribution is 5.75. The van der Waals surface area contributed by atoms with Gasteiger partial charge in [0.2, 0.25) is 5.91 Å². The van der Waals surface area contributed by atoms with E-state index in [0.717, 1.165) is 32.5 Å². The highest BCUT2D eigenvalue weighted by Crippen LogP contribution is 2.05. The molecule has 0 bridgehead atoms. The van der Waals surface area contributed by atoms with Gasteiger partial charge >= 0.3 is 0 Å². The molecule has 0 aliphatic rings. The van der Waals surface area contributed by atoms with Gasteiger partial charge in [-0.05, 0) is 26.3 Å². The average Bonchev–Trinajstić information content (AvgIpc) is 2.32. The fourth-order valence-electron chi connectivity index (χ4n) is 1.53. The molecule has 1 unspecified atom stereocenters.